The minimum atomic E-state index is -0.108. The van der Waals surface area contributed by atoms with Gasteiger partial charge in [0, 0.05) is 10.2 Å². The lowest BCUT2D eigenvalue weighted by molar-refractivity contribution is -0.113. The number of amides is 1. The summed E-state index contributed by atoms with van der Waals surface area (Å²) in [5.41, 5.74) is 1.11. The van der Waals surface area contributed by atoms with Crippen molar-refractivity contribution in [3.8, 4) is 0 Å². The van der Waals surface area contributed by atoms with Crippen molar-refractivity contribution in [1.82, 2.24) is 14.8 Å². The number of benzene rings is 1. The van der Waals surface area contributed by atoms with Gasteiger partial charge < -0.3 is 0 Å². The molecule has 2 rings (SSSR count). The molecule has 7 heteroatoms. The van der Waals surface area contributed by atoms with Crippen LogP contribution in [0.25, 0.3) is 0 Å². The van der Waals surface area contributed by atoms with Gasteiger partial charge in [0.15, 0.2) is 0 Å². The Labute approximate surface area is 136 Å². The molecule has 1 aromatic carbocycles. The summed E-state index contributed by atoms with van der Waals surface area (Å²) in [4.78, 5) is 15.7. The SMILES string of the molecule is C=CCSCC(=O)Nc1ncn(Cc2ccc(Br)cc2)n1. The van der Waals surface area contributed by atoms with Gasteiger partial charge in [-0.1, -0.05) is 34.1 Å². The average molecular weight is 367 g/mol. The molecule has 1 N–H and O–H groups in total. The molecule has 1 heterocycles. The third-order valence-electron chi connectivity index (χ3n) is 2.51. The molecule has 0 fully saturated rings. The fraction of sp³-hybridized carbons (Fsp3) is 0.214. The van der Waals surface area contributed by atoms with Crippen LogP contribution in [0.2, 0.25) is 0 Å². The molecule has 0 saturated carbocycles. The van der Waals surface area contributed by atoms with Crippen LogP contribution in [0.5, 0.6) is 0 Å². The third-order valence-corrected chi connectivity index (χ3v) is 3.98. The first-order chi connectivity index (χ1) is 10.2. The first-order valence-corrected chi connectivity index (χ1v) is 8.24. The van der Waals surface area contributed by atoms with Gasteiger partial charge in [0.05, 0.1) is 12.3 Å². The number of anilines is 1. The van der Waals surface area contributed by atoms with Crippen molar-refractivity contribution < 1.29 is 4.79 Å². The molecule has 0 atom stereocenters. The molecule has 0 radical (unpaired) electrons. The Morgan fingerprint density at radius 2 is 2.19 bits per heavy atom. The second-order valence-corrected chi connectivity index (χ2v) is 6.19. The van der Waals surface area contributed by atoms with E-state index >= 15 is 0 Å². The molecule has 0 unspecified atom stereocenters. The topological polar surface area (TPSA) is 59.8 Å². The summed E-state index contributed by atoms with van der Waals surface area (Å²) >= 11 is 4.89. The van der Waals surface area contributed by atoms with Crippen molar-refractivity contribution in [1.29, 1.82) is 0 Å². The number of thioether (sulfide) groups is 1. The Hall–Kier alpha value is -1.60. The quantitative estimate of drug-likeness (QED) is 0.604. The van der Waals surface area contributed by atoms with Gasteiger partial charge >= 0.3 is 0 Å². The highest BCUT2D eigenvalue weighted by molar-refractivity contribution is 9.10. The van der Waals surface area contributed by atoms with Crippen LogP contribution in [0, 0.1) is 0 Å². The van der Waals surface area contributed by atoms with Gasteiger partial charge in [0.2, 0.25) is 11.9 Å². The van der Waals surface area contributed by atoms with Crippen LogP contribution < -0.4 is 5.32 Å². The zero-order valence-corrected chi connectivity index (χ0v) is 13.7. The van der Waals surface area contributed by atoms with Gasteiger partial charge in [-0.25, -0.2) is 9.67 Å². The predicted molar refractivity (Wildman–Crippen MR) is 89.4 cm³/mol. The van der Waals surface area contributed by atoms with Crippen LogP contribution in [-0.2, 0) is 11.3 Å². The molecule has 5 nitrogen and oxygen atoms in total. The molecule has 1 amide bonds. The second-order valence-electron chi connectivity index (χ2n) is 4.24. The fourth-order valence-corrected chi connectivity index (χ4v) is 2.41. The van der Waals surface area contributed by atoms with Gasteiger partial charge in [0.25, 0.3) is 0 Å². The maximum atomic E-state index is 11.6. The van der Waals surface area contributed by atoms with Gasteiger partial charge in [-0.3, -0.25) is 10.1 Å². The van der Waals surface area contributed by atoms with Crippen LogP contribution in [-0.4, -0.2) is 32.2 Å². The molecule has 21 heavy (non-hydrogen) atoms. The number of hydrogen-bond acceptors (Lipinski definition) is 4. The highest BCUT2D eigenvalue weighted by Crippen LogP contribution is 2.11. The van der Waals surface area contributed by atoms with Crippen LogP contribution in [0.15, 0.2) is 47.7 Å². The third kappa shape index (κ3) is 5.35. The molecule has 2 aromatic rings. The minimum Gasteiger partial charge on any atom is -0.293 e. The number of hydrogen-bond donors (Lipinski definition) is 1. The Morgan fingerprint density at radius 1 is 1.43 bits per heavy atom. The number of rotatable bonds is 7. The van der Waals surface area contributed by atoms with E-state index < -0.39 is 0 Å². The minimum absolute atomic E-state index is 0.108. The first-order valence-electron chi connectivity index (χ1n) is 6.30. The smallest absolute Gasteiger partial charge is 0.248 e. The summed E-state index contributed by atoms with van der Waals surface area (Å²) in [6.07, 6.45) is 3.37. The monoisotopic (exact) mass is 366 g/mol. The summed E-state index contributed by atoms with van der Waals surface area (Å²) in [5, 5.41) is 6.90. The van der Waals surface area contributed by atoms with E-state index in [0.29, 0.717) is 18.2 Å². The Morgan fingerprint density at radius 3 is 2.90 bits per heavy atom. The number of aromatic nitrogens is 3. The maximum Gasteiger partial charge on any atom is 0.248 e. The van der Waals surface area contributed by atoms with Gasteiger partial charge in [0.1, 0.15) is 6.33 Å². The van der Waals surface area contributed by atoms with E-state index in [-0.39, 0.29) is 5.91 Å². The fourth-order valence-electron chi connectivity index (χ4n) is 1.60. The molecule has 110 valence electrons. The van der Waals surface area contributed by atoms with Crippen molar-refractivity contribution in [3.05, 3.63) is 53.3 Å². The molecule has 1 aromatic heterocycles. The number of halogens is 1. The average Bonchev–Trinajstić information content (AvgIpc) is 2.89. The molecule has 0 aliphatic rings. The van der Waals surface area contributed by atoms with E-state index in [1.807, 2.05) is 24.3 Å². The Bertz CT molecular complexity index is 612. The predicted octanol–water partition coefficient (Wildman–Crippen LogP) is 2.95. The lowest BCUT2D eigenvalue weighted by Gasteiger charge is -2.01. The van der Waals surface area contributed by atoms with Gasteiger partial charge in [-0.15, -0.1) is 23.4 Å². The zero-order valence-electron chi connectivity index (χ0n) is 11.3. The van der Waals surface area contributed by atoms with E-state index in [9.17, 15) is 4.79 Å². The van der Waals surface area contributed by atoms with E-state index in [4.69, 9.17) is 0 Å². The number of nitrogens with one attached hydrogen (secondary N) is 1. The lowest BCUT2D eigenvalue weighted by atomic mass is 10.2. The van der Waals surface area contributed by atoms with Crippen LogP contribution >= 0.6 is 27.7 Å². The van der Waals surface area contributed by atoms with E-state index in [1.165, 1.54) is 11.8 Å². The number of carbonyl (C=O) groups is 1. The van der Waals surface area contributed by atoms with Crippen LogP contribution in [0.1, 0.15) is 5.56 Å². The van der Waals surface area contributed by atoms with E-state index in [0.717, 1.165) is 15.8 Å². The normalized spacial score (nSPS) is 10.3. The van der Waals surface area contributed by atoms with Gasteiger partial charge in [-0.05, 0) is 17.7 Å². The standard InChI is InChI=1S/C14H15BrN4OS/c1-2-7-21-9-13(20)17-14-16-10-19(18-14)8-11-3-5-12(15)6-4-11/h2-6,10H,1,7-9H2,(H,17,18,20). The van der Waals surface area contributed by atoms with Gasteiger partial charge in [-0.2, -0.15) is 0 Å². The molecular formula is C14H15BrN4OS. The Balaban J connectivity index is 1.87. The first kappa shape index (κ1) is 15.8. The molecule has 0 bridgehead atoms. The number of carbonyl (C=O) groups excluding carboxylic acids is 1. The zero-order chi connectivity index (χ0) is 15.1. The summed E-state index contributed by atoms with van der Waals surface area (Å²) in [5.74, 6) is 1.34. The van der Waals surface area contributed by atoms with Crippen molar-refractivity contribution in [2.75, 3.05) is 16.8 Å². The van der Waals surface area contributed by atoms with Crippen molar-refractivity contribution in [2.45, 2.75) is 6.54 Å². The van der Waals surface area contributed by atoms with Crippen LogP contribution in [0.3, 0.4) is 0 Å². The van der Waals surface area contributed by atoms with Crippen molar-refractivity contribution in [2.24, 2.45) is 0 Å². The van der Waals surface area contributed by atoms with E-state index in [2.05, 4.69) is 37.9 Å². The molecule has 0 aliphatic heterocycles. The summed E-state index contributed by atoms with van der Waals surface area (Å²) < 4.78 is 2.73. The van der Waals surface area contributed by atoms with E-state index in [1.54, 1.807) is 17.1 Å². The van der Waals surface area contributed by atoms with Crippen LogP contribution in [0.4, 0.5) is 5.95 Å². The maximum absolute atomic E-state index is 11.6. The molecule has 0 saturated heterocycles. The molecule has 0 aliphatic carbocycles. The summed E-state index contributed by atoms with van der Waals surface area (Å²) in [6.45, 7) is 4.22. The largest absolute Gasteiger partial charge is 0.293 e. The molecule has 0 spiro atoms. The second kappa shape index (κ2) is 7.99. The van der Waals surface area contributed by atoms with Crippen molar-refractivity contribution >= 4 is 39.5 Å². The Kier molecular flexibility index (Phi) is 6.01. The molecular weight excluding hydrogens is 352 g/mol. The summed E-state index contributed by atoms with van der Waals surface area (Å²) in [6, 6.07) is 7.98. The summed E-state index contributed by atoms with van der Waals surface area (Å²) in [7, 11) is 0. The highest BCUT2D eigenvalue weighted by Gasteiger charge is 2.06. The lowest BCUT2D eigenvalue weighted by Crippen LogP contribution is -2.15. The van der Waals surface area contributed by atoms with Crippen molar-refractivity contribution in [3.63, 3.8) is 0 Å². The highest BCUT2D eigenvalue weighted by atomic mass is 79.9. The number of nitrogens with zero attached hydrogens (tertiary/aromatic N) is 3.